The largest absolute Gasteiger partial charge is 0.390 e. The van der Waals surface area contributed by atoms with Crippen molar-refractivity contribution < 1.29 is 23.1 Å². The van der Waals surface area contributed by atoms with Crippen LogP contribution in [-0.4, -0.2) is 55.8 Å². The van der Waals surface area contributed by atoms with E-state index in [-0.39, 0.29) is 11.5 Å². The topological polar surface area (TPSA) is 104 Å². The minimum Gasteiger partial charge on any atom is -0.390 e. The monoisotopic (exact) mass is 486 g/mol. The maximum Gasteiger partial charge on any atom is 0.298 e. The summed E-state index contributed by atoms with van der Waals surface area (Å²) in [7, 11) is 0. The van der Waals surface area contributed by atoms with Crippen LogP contribution < -0.4 is 5.32 Å². The van der Waals surface area contributed by atoms with Crippen LogP contribution in [0.2, 0.25) is 0 Å². The van der Waals surface area contributed by atoms with Crippen LogP contribution >= 0.6 is 0 Å². The first kappa shape index (κ1) is 24.5. The van der Waals surface area contributed by atoms with Crippen molar-refractivity contribution >= 4 is 28.3 Å². The van der Waals surface area contributed by atoms with Gasteiger partial charge in [0.05, 0.1) is 22.7 Å². The number of rotatable bonds is 6. The highest BCUT2D eigenvalue weighted by Crippen LogP contribution is 2.34. The number of aryl methyl sites for hydroxylation is 1. The minimum atomic E-state index is -3.70. The van der Waals surface area contributed by atoms with Gasteiger partial charge in [-0.25, -0.2) is 14.4 Å². The molecule has 0 unspecified atom stereocenters. The molecule has 3 heterocycles. The van der Waals surface area contributed by atoms with E-state index in [0.717, 1.165) is 11.6 Å². The average molecular weight is 486 g/mol. The highest BCUT2D eigenvalue weighted by molar-refractivity contribution is 5.88. The third kappa shape index (κ3) is 4.95. The summed E-state index contributed by atoms with van der Waals surface area (Å²) in [5.74, 6) is -4.03. The van der Waals surface area contributed by atoms with Gasteiger partial charge in [-0.05, 0) is 38.0 Å². The van der Waals surface area contributed by atoms with Crippen LogP contribution in [-0.2, 0) is 10.7 Å². The highest BCUT2D eigenvalue weighted by atomic mass is 19.3. The van der Waals surface area contributed by atoms with Crippen LogP contribution in [0.15, 0.2) is 30.3 Å². The van der Waals surface area contributed by atoms with Gasteiger partial charge in [-0.1, -0.05) is 18.2 Å². The van der Waals surface area contributed by atoms with E-state index in [9.17, 15) is 18.0 Å². The number of fused-ring (bicyclic) bond motifs is 1. The maximum absolute atomic E-state index is 15.0. The smallest absolute Gasteiger partial charge is 0.298 e. The quantitative estimate of drug-likeness (QED) is 0.547. The molecule has 4 rings (SSSR count). The molecule has 8 nitrogen and oxygen atoms in total. The normalized spacial score (nSPS) is 15.2. The van der Waals surface area contributed by atoms with E-state index in [2.05, 4.69) is 25.5 Å². The third-order valence-electron chi connectivity index (χ3n) is 6.00. The molecule has 0 bridgehead atoms. The molecule has 2 aromatic heterocycles. The summed E-state index contributed by atoms with van der Waals surface area (Å²) >= 11 is 0. The van der Waals surface area contributed by atoms with E-state index < -0.39 is 30.0 Å². The number of hydrogen-bond acceptors (Lipinski definition) is 7. The van der Waals surface area contributed by atoms with E-state index in [1.54, 1.807) is 24.8 Å². The van der Waals surface area contributed by atoms with Crippen molar-refractivity contribution in [3.63, 3.8) is 0 Å². The van der Waals surface area contributed by atoms with E-state index in [0.29, 0.717) is 47.9 Å². The van der Waals surface area contributed by atoms with Gasteiger partial charge in [0.1, 0.15) is 24.1 Å². The van der Waals surface area contributed by atoms with E-state index in [1.807, 2.05) is 6.08 Å². The molecule has 11 heteroatoms. The molecule has 1 aliphatic rings. The van der Waals surface area contributed by atoms with E-state index in [4.69, 9.17) is 5.11 Å². The van der Waals surface area contributed by atoms with Crippen LogP contribution in [0.3, 0.4) is 0 Å². The van der Waals surface area contributed by atoms with Gasteiger partial charge in [0.15, 0.2) is 5.65 Å². The zero-order valence-corrected chi connectivity index (χ0v) is 19.5. The van der Waals surface area contributed by atoms with Crippen molar-refractivity contribution in [3.8, 4) is 0 Å². The zero-order valence-electron chi connectivity index (χ0n) is 19.5. The summed E-state index contributed by atoms with van der Waals surface area (Å²) in [6.07, 6.45) is 2.54. The van der Waals surface area contributed by atoms with E-state index in [1.165, 1.54) is 19.1 Å². The van der Waals surface area contributed by atoms with Crippen molar-refractivity contribution in [1.29, 1.82) is 0 Å². The number of alkyl halides is 2. The number of carbonyl (C=O) groups excluding carboxylic acids is 1. The van der Waals surface area contributed by atoms with Crippen molar-refractivity contribution in [1.82, 2.24) is 25.1 Å². The molecule has 0 saturated carbocycles. The summed E-state index contributed by atoms with van der Waals surface area (Å²) in [6, 6.07) is 4.72. The van der Waals surface area contributed by atoms with Gasteiger partial charge in [0, 0.05) is 25.6 Å². The van der Waals surface area contributed by atoms with Crippen LogP contribution in [0.5, 0.6) is 0 Å². The Morgan fingerprint density at radius 3 is 2.71 bits per heavy atom. The maximum atomic E-state index is 15.0. The highest BCUT2D eigenvalue weighted by Gasteiger charge is 2.35. The molecule has 1 amide bonds. The lowest BCUT2D eigenvalue weighted by molar-refractivity contribution is -0.128. The second-order valence-corrected chi connectivity index (χ2v) is 8.47. The molecule has 0 spiro atoms. The molecule has 0 fully saturated rings. The fourth-order valence-electron chi connectivity index (χ4n) is 4.03. The summed E-state index contributed by atoms with van der Waals surface area (Å²) in [6.45, 7) is 4.38. The summed E-state index contributed by atoms with van der Waals surface area (Å²) in [5, 5.41) is 21.1. The van der Waals surface area contributed by atoms with Gasteiger partial charge in [-0.2, -0.15) is 8.78 Å². The molecule has 1 atom stereocenters. The minimum absolute atomic E-state index is 0.00147. The third-order valence-corrected chi connectivity index (χ3v) is 6.00. The molecule has 3 aromatic rings. The number of amides is 1. The number of aromatic nitrogens is 4. The van der Waals surface area contributed by atoms with Gasteiger partial charge in [0.2, 0.25) is 5.91 Å². The van der Waals surface area contributed by atoms with Crippen LogP contribution in [0.25, 0.3) is 16.6 Å². The number of nitrogens with one attached hydrogen (secondary N) is 1. The van der Waals surface area contributed by atoms with Crippen molar-refractivity contribution in [3.05, 3.63) is 58.8 Å². The molecule has 0 saturated heterocycles. The predicted molar refractivity (Wildman–Crippen MR) is 124 cm³/mol. The lowest BCUT2D eigenvalue weighted by atomic mass is 10.00. The molecule has 1 aromatic carbocycles. The molecule has 35 heavy (non-hydrogen) atoms. The van der Waals surface area contributed by atoms with Crippen LogP contribution in [0.4, 0.5) is 19.0 Å². The van der Waals surface area contributed by atoms with Gasteiger partial charge in [-0.3, -0.25) is 4.79 Å². The van der Waals surface area contributed by atoms with Gasteiger partial charge >= 0.3 is 0 Å². The molecule has 184 valence electrons. The van der Waals surface area contributed by atoms with Gasteiger partial charge in [0.25, 0.3) is 5.92 Å². The Labute approximate surface area is 199 Å². The van der Waals surface area contributed by atoms with E-state index >= 15 is 0 Å². The number of hydrogen-bond donors (Lipinski definition) is 2. The zero-order chi connectivity index (χ0) is 25.3. The van der Waals surface area contributed by atoms with Crippen LogP contribution in [0.1, 0.15) is 49.0 Å². The first-order chi connectivity index (χ1) is 16.6. The number of nitrogens with zero attached hydrogens (tertiary/aromatic N) is 5. The van der Waals surface area contributed by atoms with Gasteiger partial charge in [-0.15, -0.1) is 10.2 Å². The number of aliphatic hydroxyl groups is 1. The van der Waals surface area contributed by atoms with Crippen molar-refractivity contribution in [2.45, 2.75) is 39.2 Å². The Morgan fingerprint density at radius 1 is 1.29 bits per heavy atom. The number of halogens is 3. The summed E-state index contributed by atoms with van der Waals surface area (Å²) in [4.78, 5) is 22.1. The van der Waals surface area contributed by atoms with Gasteiger partial charge < -0.3 is 15.3 Å². The summed E-state index contributed by atoms with van der Waals surface area (Å²) < 4.78 is 43.0. The number of aliphatic hydroxyl groups excluding tert-OH is 1. The summed E-state index contributed by atoms with van der Waals surface area (Å²) in [5.41, 5.74) is 1.01. The Bertz CT molecular complexity index is 1310. The fraction of sp³-hybridized carbons (Fsp3) is 0.375. The Hall–Kier alpha value is -3.60. The molecular weight excluding hydrogens is 461 g/mol. The fourth-order valence-corrected chi connectivity index (χ4v) is 4.03. The first-order valence-corrected chi connectivity index (χ1v) is 11.1. The average Bonchev–Trinajstić information content (AvgIpc) is 2.83. The molecular formula is C24H25F3N6O2. The Balaban J connectivity index is 1.69. The molecule has 1 aliphatic heterocycles. The Kier molecular flexibility index (Phi) is 6.70. The lowest BCUT2D eigenvalue weighted by Gasteiger charge is -2.25. The second-order valence-electron chi connectivity index (χ2n) is 8.47. The van der Waals surface area contributed by atoms with Crippen LogP contribution in [0, 0.1) is 12.7 Å². The molecule has 2 N–H and O–H groups in total. The molecule has 0 aliphatic carbocycles. The first-order valence-electron chi connectivity index (χ1n) is 11.1. The van der Waals surface area contributed by atoms with Crippen molar-refractivity contribution in [2.24, 2.45) is 0 Å². The molecule has 0 radical (unpaired) electrons. The lowest BCUT2D eigenvalue weighted by Crippen LogP contribution is -2.32. The number of carbonyl (C=O) groups is 1. The Morgan fingerprint density at radius 2 is 2.06 bits per heavy atom. The number of benzene rings is 1. The SMILES string of the molecule is CC(=O)N1CC=C(c2cc3c(N[C@H](C)c4cccc(C(F)(F)CO)c4F)nc(C)nc3nn2)CC1. The predicted octanol–water partition coefficient (Wildman–Crippen LogP) is 3.76. The standard InChI is InChI=1S/C24H25F3N6O2/c1-13(17-5-4-6-19(21(17)25)24(26,27)12-34)28-22-18-11-20(31-32-23(18)30-14(2)29-22)16-7-9-33(10-8-16)15(3)35/h4-7,11,13,34H,8-10,12H2,1-3H3,(H,28,29,30,32)/t13-/m1/s1. The second kappa shape index (κ2) is 9.57. The van der Waals surface area contributed by atoms with Crippen molar-refractivity contribution in [2.75, 3.05) is 25.0 Å². The number of anilines is 1.